The lowest BCUT2D eigenvalue weighted by molar-refractivity contribution is 0.104. The van der Waals surface area contributed by atoms with Crippen LogP contribution in [0.1, 0.15) is 22.7 Å². The summed E-state index contributed by atoms with van der Waals surface area (Å²) >= 11 is 3.08. The fraction of sp³-hybridized carbons (Fsp3) is 0.281. The number of nitrogens with zero attached hydrogens (tertiary/aromatic N) is 7. The molecule has 0 spiro atoms. The molecule has 1 atom stereocenters. The van der Waals surface area contributed by atoms with Crippen molar-refractivity contribution < 1.29 is 4.74 Å². The SMILES string of the molecule is Cc1sc(-c2cccn2C)nc1-c1cc2cnc(Nc3ccc(OC4CCCN(C)C4)cc3)nc2n(Cc2nccs2)c1=O. The van der Waals surface area contributed by atoms with Gasteiger partial charge in [0.25, 0.3) is 5.56 Å². The van der Waals surface area contributed by atoms with E-state index in [1.54, 1.807) is 28.3 Å². The fourth-order valence-corrected chi connectivity index (χ4v) is 7.19. The van der Waals surface area contributed by atoms with Gasteiger partial charge >= 0.3 is 0 Å². The van der Waals surface area contributed by atoms with Gasteiger partial charge in [-0.3, -0.25) is 9.36 Å². The standard InChI is InChI=1S/C32H32N8O2S2/c1-20-28(36-30(44-20)26-7-5-14-39(26)3)25-16-21-17-34-32(37-29(21)40(31(25)41)19-27-33-12-15-43-27)35-22-8-10-23(11-9-22)42-24-6-4-13-38(2)18-24/h5,7-12,14-17,24H,4,6,13,18-19H2,1-3H3,(H,34,35,37). The number of thiazole rings is 2. The molecule has 0 saturated carbocycles. The number of hydrogen-bond donors (Lipinski definition) is 1. The Morgan fingerprint density at radius 3 is 2.73 bits per heavy atom. The molecule has 0 bridgehead atoms. The topological polar surface area (TPSA) is 103 Å². The zero-order valence-electron chi connectivity index (χ0n) is 24.7. The minimum atomic E-state index is -0.168. The minimum absolute atomic E-state index is 0.168. The molecule has 5 aromatic heterocycles. The first-order valence-electron chi connectivity index (χ1n) is 14.5. The Kier molecular flexibility index (Phi) is 7.71. The highest BCUT2D eigenvalue weighted by molar-refractivity contribution is 7.15. The molecule has 224 valence electrons. The van der Waals surface area contributed by atoms with E-state index >= 15 is 0 Å². The molecular formula is C32H32N8O2S2. The lowest BCUT2D eigenvalue weighted by atomic mass is 10.1. The average Bonchev–Trinajstić information content (AvgIpc) is 3.77. The molecule has 6 aromatic rings. The number of benzene rings is 1. The van der Waals surface area contributed by atoms with Crippen LogP contribution < -0.4 is 15.6 Å². The van der Waals surface area contributed by atoms with Gasteiger partial charge in [0, 0.05) is 53.5 Å². The van der Waals surface area contributed by atoms with Crippen LogP contribution in [-0.2, 0) is 13.6 Å². The number of piperidine rings is 1. The highest BCUT2D eigenvalue weighted by atomic mass is 32.1. The molecule has 7 rings (SSSR count). The van der Waals surface area contributed by atoms with E-state index in [4.69, 9.17) is 14.7 Å². The predicted octanol–water partition coefficient (Wildman–Crippen LogP) is 5.95. The lowest BCUT2D eigenvalue weighted by Crippen LogP contribution is -2.38. The van der Waals surface area contributed by atoms with Crippen molar-refractivity contribution in [1.29, 1.82) is 0 Å². The molecule has 1 aromatic carbocycles. The Hall–Kier alpha value is -4.39. The maximum Gasteiger partial charge on any atom is 0.262 e. The average molecular weight is 625 g/mol. The van der Waals surface area contributed by atoms with Gasteiger partial charge in [-0.05, 0) is 75.8 Å². The predicted molar refractivity (Wildman–Crippen MR) is 176 cm³/mol. The summed E-state index contributed by atoms with van der Waals surface area (Å²) in [7, 11) is 4.12. The van der Waals surface area contributed by atoms with Gasteiger partial charge in [0.05, 0.1) is 23.5 Å². The molecule has 1 aliphatic rings. The van der Waals surface area contributed by atoms with E-state index in [1.807, 2.05) is 72.6 Å². The highest BCUT2D eigenvalue weighted by Crippen LogP contribution is 2.33. The van der Waals surface area contributed by atoms with Gasteiger partial charge in [-0.15, -0.1) is 22.7 Å². The van der Waals surface area contributed by atoms with Gasteiger partial charge < -0.3 is 19.5 Å². The molecule has 10 nitrogen and oxygen atoms in total. The Balaban J connectivity index is 1.21. The van der Waals surface area contributed by atoms with Crippen molar-refractivity contribution in [1.82, 2.24) is 34.0 Å². The second-order valence-corrected chi connectivity index (χ2v) is 13.3. The van der Waals surface area contributed by atoms with Crippen molar-refractivity contribution in [3.05, 3.63) is 86.7 Å². The first-order valence-corrected chi connectivity index (χ1v) is 16.2. The van der Waals surface area contributed by atoms with E-state index in [-0.39, 0.29) is 11.7 Å². The van der Waals surface area contributed by atoms with Crippen LogP contribution >= 0.6 is 22.7 Å². The van der Waals surface area contributed by atoms with E-state index in [9.17, 15) is 4.79 Å². The molecule has 0 radical (unpaired) electrons. The van der Waals surface area contributed by atoms with Crippen molar-refractivity contribution in [3.8, 4) is 27.7 Å². The Labute approximate surface area is 262 Å². The molecule has 1 unspecified atom stereocenters. The number of fused-ring (bicyclic) bond motifs is 1. The molecule has 6 heterocycles. The number of rotatable bonds is 8. The maximum atomic E-state index is 14.1. The van der Waals surface area contributed by atoms with Crippen LogP contribution in [0.15, 0.2) is 71.2 Å². The summed E-state index contributed by atoms with van der Waals surface area (Å²) < 4.78 is 9.91. The number of nitrogens with one attached hydrogen (secondary N) is 1. The lowest BCUT2D eigenvalue weighted by Gasteiger charge is -2.30. The fourth-order valence-electron chi connectivity index (χ4n) is 5.59. The van der Waals surface area contributed by atoms with E-state index in [0.29, 0.717) is 29.4 Å². The number of likely N-dealkylation sites (tertiary alicyclic amines) is 1. The van der Waals surface area contributed by atoms with Crippen LogP contribution in [0.25, 0.3) is 33.0 Å². The highest BCUT2D eigenvalue weighted by Gasteiger charge is 2.21. The summed E-state index contributed by atoms with van der Waals surface area (Å²) in [6.45, 7) is 4.35. The van der Waals surface area contributed by atoms with Gasteiger partial charge in [-0.2, -0.15) is 4.98 Å². The third kappa shape index (κ3) is 5.75. The van der Waals surface area contributed by atoms with Gasteiger partial charge in [-0.25, -0.2) is 15.0 Å². The molecule has 44 heavy (non-hydrogen) atoms. The van der Waals surface area contributed by atoms with E-state index in [2.05, 4.69) is 27.2 Å². The van der Waals surface area contributed by atoms with Crippen LogP contribution in [0.4, 0.5) is 11.6 Å². The van der Waals surface area contributed by atoms with Gasteiger partial charge in [0.15, 0.2) is 0 Å². The van der Waals surface area contributed by atoms with Crippen molar-refractivity contribution in [3.63, 3.8) is 0 Å². The smallest absolute Gasteiger partial charge is 0.262 e. The summed E-state index contributed by atoms with van der Waals surface area (Å²) in [5.41, 5.74) is 3.40. The number of hydrogen-bond acceptors (Lipinski definition) is 10. The monoisotopic (exact) mass is 624 g/mol. The first kappa shape index (κ1) is 28.4. The summed E-state index contributed by atoms with van der Waals surface area (Å²) in [4.78, 5) is 36.2. The number of ether oxygens (including phenoxy) is 1. The number of anilines is 2. The normalized spacial score (nSPS) is 15.6. The molecule has 1 aliphatic heterocycles. The minimum Gasteiger partial charge on any atom is -0.489 e. The van der Waals surface area contributed by atoms with Gasteiger partial charge in [0.1, 0.15) is 27.5 Å². The Morgan fingerprint density at radius 1 is 1.11 bits per heavy atom. The van der Waals surface area contributed by atoms with Crippen LogP contribution in [0.5, 0.6) is 5.75 Å². The quantitative estimate of drug-likeness (QED) is 0.222. The second-order valence-electron chi connectivity index (χ2n) is 11.1. The summed E-state index contributed by atoms with van der Waals surface area (Å²) in [6, 6.07) is 13.7. The molecule has 0 amide bonds. The second kappa shape index (κ2) is 11.9. The molecule has 0 aliphatic carbocycles. The molecule has 1 saturated heterocycles. The van der Waals surface area contributed by atoms with Crippen molar-refractivity contribution in [2.75, 3.05) is 25.5 Å². The molecule has 12 heteroatoms. The van der Waals surface area contributed by atoms with Gasteiger partial charge in [0.2, 0.25) is 5.95 Å². The van der Waals surface area contributed by atoms with E-state index in [1.165, 1.54) is 11.3 Å². The third-order valence-electron chi connectivity index (χ3n) is 7.81. The largest absolute Gasteiger partial charge is 0.489 e. The summed E-state index contributed by atoms with van der Waals surface area (Å²) in [5.74, 6) is 1.24. The van der Waals surface area contributed by atoms with E-state index < -0.39 is 0 Å². The number of pyridine rings is 1. The van der Waals surface area contributed by atoms with Gasteiger partial charge in [-0.1, -0.05) is 0 Å². The third-order valence-corrected chi connectivity index (χ3v) is 9.57. The number of aromatic nitrogens is 6. The van der Waals surface area contributed by atoms with Crippen molar-refractivity contribution in [2.24, 2.45) is 7.05 Å². The number of likely N-dealkylation sites (N-methyl/N-ethyl adjacent to an activating group) is 1. The van der Waals surface area contributed by atoms with Crippen LogP contribution in [0.2, 0.25) is 0 Å². The van der Waals surface area contributed by atoms with Crippen LogP contribution in [0.3, 0.4) is 0 Å². The Bertz CT molecular complexity index is 1980. The van der Waals surface area contributed by atoms with Crippen LogP contribution in [0, 0.1) is 6.92 Å². The van der Waals surface area contributed by atoms with Crippen LogP contribution in [-0.4, -0.2) is 60.2 Å². The molecular weight excluding hydrogens is 593 g/mol. The van der Waals surface area contributed by atoms with E-state index in [0.717, 1.165) is 63.3 Å². The van der Waals surface area contributed by atoms with Crippen molar-refractivity contribution in [2.45, 2.75) is 32.4 Å². The maximum absolute atomic E-state index is 14.1. The first-order chi connectivity index (χ1) is 21.4. The zero-order chi connectivity index (χ0) is 30.2. The summed E-state index contributed by atoms with van der Waals surface area (Å²) in [6.07, 6.45) is 7.90. The number of aryl methyl sites for hydroxylation is 2. The molecule has 1 fully saturated rings. The summed E-state index contributed by atoms with van der Waals surface area (Å²) in [5, 5.41) is 7.63. The Morgan fingerprint density at radius 2 is 1.98 bits per heavy atom. The molecule has 1 N–H and O–H groups in total. The van der Waals surface area contributed by atoms with Crippen molar-refractivity contribution >= 4 is 45.3 Å². The zero-order valence-corrected chi connectivity index (χ0v) is 26.4.